The smallest absolute Gasteiger partial charge is 0.197 e. The van der Waals surface area contributed by atoms with Crippen molar-refractivity contribution in [1.29, 1.82) is 0 Å². The van der Waals surface area contributed by atoms with Crippen LogP contribution in [0.25, 0.3) is 0 Å². The monoisotopic (exact) mass is 279 g/mol. The lowest BCUT2D eigenvalue weighted by molar-refractivity contribution is 0.583. The van der Waals surface area contributed by atoms with E-state index in [-0.39, 0.29) is 0 Å². The topological polar surface area (TPSA) is 20.3 Å². The number of rotatable bonds is 3. The van der Waals surface area contributed by atoms with Gasteiger partial charge in [0.25, 0.3) is 0 Å². The minimum absolute atomic E-state index is 0.679. The molecule has 1 unspecified atom stereocenters. The Labute approximate surface area is 113 Å². The fraction of sp³-hybridized carbons (Fsp3) is 0.143. The molecule has 0 saturated heterocycles. The van der Waals surface area contributed by atoms with Crippen molar-refractivity contribution in [3.05, 3.63) is 59.6 Å². The second-order valence-corrected chi connectivity index (χ2v) is 7.53. The van der Waals surface area contributed by atoms with Gasteiger partial charge in [0.15, 0.2) is 7.29 Å². The van der Waals surface area contributed by atoms with Gasteiger partial charge in [0, 0.05) is 29.7 Å². The third-order valence-corrected chi connectivity index (χ3v) is 5.89. The Morgan fingerprint density at radius 1 is 1.00 bits per heavy atom. The molecule has 0 aliphatic rings. The zero-order valence-electron chi connectivity index (χ0n) is 10.4. The highest BCUT2D eigenvalue weighted by molar-refractivity contribution is 7.72. The van der Waals surface area contributed by atoms with E-state index >= 15 is 0 Å². The molecular weight excluding hydrogens is 265 g/mol. The lowest BCUT2D eigenvalue weighted by atomic mass is 10.3. The van der Waals surface area contributed by atoms with Crippen LogP contribution in [0.15, 0.2) is 54.6 Å². The molecule has 0 amide bonds. The molecule has 94 valence electrons. The van der Waals surface area contributed by atoms with Gasteiger partial charge < -0.3 is 4.67 Å². The highest BCUT2D eigenvalue weighted by Crippen LogP contribution is 2.46. The van der Waals surface area contributed by atoms with Crippen molar-refractivity contribution in [3.63, 3.8) is 0 Å². The van der Waals surface area contributed by atoms with Gasteiger partial charge in [-0.05, 0) is 36.4 Å². The van der Waals surface area contributed by atoms with Gasteiger partial charge in [0.2, 0.25) is 0 Å². The van der Waals surface area contributed by atoms with Gasteiger partial charge in [-0.3, -0.25) is 4.57 Å². The Balaban J connectivity index is 2.36. The van der Waals surface area contributed by atoms with E-state index in [2.05, 4.69) is 0 Å². The van der Waals surface area contributed by atoms with Gasteiger partial charge in [0.1, 0.15) is 0 Å². The quantitative estimate of drug-likeness (QED) is 0.791. The minimum Gasteiger partial charge on any atom is -0.322 e. The van der Waals surface area contributed by atoms with Crippen molar-refractivity contribution in [2.75, 3.05) is 18.4 Å². The number of anilines is 1. The van der Waals surface area contributed by atoms with Crippen LogP contribution < -0.4 is 9.97 Å². The molecule has 0 bridgehead atoms. The first-order valence-corrected chi connectivity index (χ1v) is 8.13. The Bertz CT molecular complexity index is 568. The summed E-state index contributed by atoms with van der Waals surface area (Å²) >= 11 is 5.86. The Kier molecular flexibility index (Phi) is 3.79. The summed E-state index contributed by atoms with van der Waals surface area (Å²) in [6.45, 7) is 1.77. The first-order valence-electron chi connectivity index (χ1n) is 5.65. The van der Waals surface area contributed by atoms with E-state index in [1.807, 2.05) is 54.2 Å². The molecule has 0 N–H and O–H groups in total. The number of benzene rings is 2. The maximum atomic E-state index is 12.9. The van der Waals surface area contributed by atoms with Crippen molar-refractivity contribution in [1.82, 2.24) is 0 Å². The van der Waals surface area contributed by atoms with Crippen LogP contribution >= 0.6 is 18.9 Å². The fourth-order valence-corrected chi connectivity index (χ4v) is 3.53. The molecule has 0 spiro atoms. The minimum atomic E-state index is -2.58. The summed E-state index contributed by atoms with van der Waals surface area (Å²) in [5, 5.41) is 1.53. The Hall–Kier alpha value is -1.24. The van der Waals surface area contributed by atoms with E-state index in [0.717, 1.165) is 11.0 Å². The summed E-state index contributed by atoms with van der Waals surface area (Å²) in [4.78, 5) is 0. The largest absolute Gasteiger partial charge is 0.322 e. The summed E-state index contributed by atoms with van der Waals surface area (Å²) in [7, 11) is -0.738. The molecule has 2 aromatic carbocycles. The lowest BCUT2D eigenvalue weighted by Crippen LogP contribution is -2.20. The van der Waals surface area contributed by atoms with Gasteiger partial charge >= 0.3 is 0 Å². The number of hydrogen-bond acceptors (Lipinski definition) is 1. The van der Waals surface area contributed by atoms with Gasteiger partial charge in [-0.15, -0.1) is 0 Å². The standard InChI is InChI=1S/C14H15ClNOP/c1-16(13-10-8-12(15)9-11-13)18(2,17)14-6-4-3-5-7-14/h3-11H,1-2H3. The molecule has 1 atom stereocenters. The van der Waals surface area contributed by atoms with E-state index in [9.17, 15) is 4.57 Å². The van der Waals surface area contributed by atoms with Gasteiger partial charge in [0.05, 0.1) is 0 Å². The molecule has 4 heteroatoms. The van der Waals surface area contributed by atoms with Crippen LogP contribution in [0, 0.1) is 0 Å². The molecule has 0 saturated carbocycles. The normalized spacial score (nSPS) is 13.9. The van der Waals surface area contributed by atoms with E-state index in [0.29, 0.717) is 5.02 Å². The highest BCUT2D eigenvalue weighted by Gasteiger charge is 2.24. The van der Waals surface area contributed by atoms with Crippen molar-refractivity contribution < 1.29 is 4.57 Å². The Morgan fingerprint density at radius 2 is 1.56 bits per heavy atom. The van der Waals surface area contributed by atoms with Gasteiger partial charge in [-0.25, -0.2) is 0 Å². The SMILES string of the molecule is CN(c1ccc(Cl)cc1)P(C)(=O)c1ccccc1. The van der Waals surface area contributed by atoms with Crippen molar-refractivity contribution in [2.24, 2.45) is 0 Å². The maximum absolute atomic E-state index is 12.9. The molecule has 18 heavy (non-hydrogen) atoms. The molecule has 2 nitrogen and oxygen atoms in total. The average Bonchev–Trinajstić information content (AvgIpc) is 2.40. The van der Waals surface area contributed by atoms with Gasteiger partial charge in [-0.2, -0.15) is 0 Å². The van der Waals surface area contributed by atoms with E-state index in [1.54, 1.807) is 18.8 Å². The van der Waals surface area contributed by atoms with E-state index in [1.165, 1.54) is 0 Å². The first kappa shape index (κ1) is 13.2. The number of halogens is 1. The molecule has 2 rings (SSSR count). The van der Waals surface area contributed by atoms with Crippen LogP contribution in [0.1, 0.15) is 0 Å². The third-order valence-electron chi connectivity index (χ3n) is 3.01. The fourth-order valence-electron chi connectivity index (χ4n) is 1.75. The summed E-state index contributed by atoms with van der Waals surface area (Å²) in [5.41, 5.74) is 0.897. The van der Waals surface area contributed by atoms with Crippen LogP contribution in [0.5, 0.6) is 0 Å². The Morgan fingerprint density at radius 3 is 2.11 bits per heavy atom. The van der Waals surface area contributed by atoms with Gasteiger partial charge in [-0.1, -0.05) is 29.8 Å². The molecule has 0 heterocycles. The summed E-state index contributed by atoms with van der Waals surface area (Å²) in [6.07, 6.45) is 0. The molecule has 0 radical (unpaired) electrons. The second kappa shape index (κ2) is 5.17. The summed E-state index contributed by atoms with van der Waals surface area (Å²) in [6, 6.07) is 16.9. The van der Waals surface area contributed by atoms with Crippen molar-refractivity contribution in [2.45, 2.75) is 0 Å². The van der Waals surface area contributed by atoms with Crippen molar-refractivity contribution in [3.8, 4) is 0 Å². The van der Waals surface area contributed by atoms with Crippen LogP contribution in [0.2, 0.25) is 5.02 Å². The van der Waals surface area contributed by atoms with Crippen LogP contribution in [0.4, 0.5) is 5.69 Å². The number of hydrogen-bond donors (Lipinski definition) is 0. The molecule has 2 aromatic rings. The highest BCUT2D eigenvalue weighted by atomic mass is 35.5. The van der Waals surface area contributed by atoms with E-state index < -0.39 is 7.29 Å². The van der Waals surface area contributed by atoms with E-state index in [4.69, 9.17) is 11.6 Å². The predicted molar refractivity (Wildman–Crippen MR) is 79.5 cm³/mol. The molecule has 0 aliphatic heterocycles. The predicted octanol–water partition coefficient (Wildman–Crippen LogP) is 4.01. The second-order valence-electron chi connectivity index (χ2n) is 4.21. The zero-order chi connectivity index (χ0) is 13.2. The first-order chi connectivity index (χ1) is 8.51. The summed E-state index contributed by atoms with van der Waals surface area (Å²) in [5.74, 6) is 0. The molecule has 0 aromatic heterocycles. The van der Waals surface area contributed by atoms with Crippen LogP contribution in [0.3, 0.4) is 0 Å². The molecule has 0 aliphatic carbocycles. The maximum Gasteiger partial charge on any atom is 0.197 e. The van der Waals surface area contributed by atoms with Crippen molar-refractivity contribution >= 4 is 29.9 Å². The average molecular weight is 280 g/mol. The lowest BCUT2D eigenvalue weighted by Gasteiger charge is -2.27. The third kappa shape index (κ3) is 2.60. The number of nitrogens with zero attached hydrogens (tertiary/aromatic N) is 1. The summed E-state index contributed by atoms with van der Waals surface area (Å²) < 4.78 is 14.7. The van der Waals surface area contributed by atoms with Crippen LogP contribution in [-0.2, 0) is 4.57 Å². The zero-order valence-corrected chi connectivity index (χ0v) is 12.0. The molecular formula is C14H15ClNOP. The van der Waals surface area contributed by atoms with Crippen LogP contribution in [-0.4, -0.2) is 13.7 Å². The molecule has 0 fully saturated rings.